The Morgan fingerprint density at radius 3 is 2.94 bits per heavy atom. The van der Waals surface area contributed by atoms with Crippen LogP contribution in [0.3, 0.4) is 0 Å². The number of hydrogen-bond donors (Lipinski definition) is 1. The fourth-order valence-corrected chi connectivity index (χ4v) is 1.38. The summed E-state index contributed by atoms with van der Waals surface area (Å²) < 4.78 is 3.43. The Bertz CT molecular complexity index is 458. The summed E-state index contributed by atoms with van der Waals surface area (Å²) in [6.45, 7) is 2.58. The van der Waals surface area contributed by atoms with Gasteiger partial charge in [0.2, 0.25) is 0 Å². The molecule has 0 aliphatic carbocycles. The second-order valence-electron chi connectivity index (χ2n) is 3.66. The van der Waals surface area contributed by atoms with E-state index in [1.165, 1.54) is 6.33 Å². The van der Waals surface area contributed by atoms with E-state index in [9.17, 15) is 0 Å². The Balaban J connectivity index is 2.11. The molecule has 0 bridgehead atoms. The third-order valence-electron chi connectivity index (χ3n) is 2.48. The molecule has 7 nitrogen and oxygen atoms in total. The highest BCUT2D eigenvalue weighted by atomic mass is 15.4. The van der Waals surface area contributed by atoms with Crippen molar-refractivity contribution in [2.24, 2.45) is 12.8 Å². The molecular formula is C9H15N7. The van der Waals surface area contributed by atoms with Crippen LogP contribution in [0.5, 0.6) is 0 Å². The van der Waals surface area contributed by atoms with Crippen LogP contribution in [0.4, 0.5) is 0 Å². The molecule has 0 amide bonds. The first-order valence-corrected chi connectivity index (χ1v) is 5.19. The largest absolute Gasteiger partial charge is 0.323 e. The molecule has 0 aliphatic heterocycles. The molecule has 2 N–H and O–H groups in total. The van der Waals surface area contributed by atoms with Gasteiger partial charge in [0.25, 0.3) is 0 Å². The summed E-state index contributed by atoms with van der Waals surface area (Å²) in [6, 6.07) is -0.0479. The van der Waals surface area contributed by atoms with E-state index in [-0.39, 0.29) is 6.04 Å². The molecule has 2 aromatic heterocycles. The molecule has 0 saturated heterocycles. The van der Waals surface area contributed by atoms with E-state index < -0.39 is 0 Å². The molecule has 16 heavy (non-hydrogen) atoms. The maximum Gasteiger partial charge on any atom is 0.148 e. The summed E-state index contributed by atoms with van der Waals surface area (Å²) in [5.41, 5.74) is 6.67. The third-order valence-corrected chi connectivity index (χ3v) is 2.48. The van der Waals surface area contributed by atoms with Gasteiger partial charge >= 0.3 is 0 Å². The lowest BCUT2D eigenvalue weighted by Gasteiger charge is -2.02. The average Bonchev–Trinajstić information content (AvgIpc) is 2.89. The molecule has 0 aromatic carbocycles. The summed E-state index contributed by atoms with van der Waals surface area (Å²) >= 11 is 0. The molecule has 7 heteroatoms. The molecule has 0 aliphatic rings. The molecule has 1 atom stereocenters. The fourth-order valence-electron chi connectivity index (χ4n) is 1.38. The van der Waals surface area contributed by atoms with Gasteiger partial charge in [0.05, 0.1) is 17.9 Å². The topological polar surface area (TPSA) is 87.4 Å². The van der Waals surface area contributed by atoms with E-state index in [4.69, 9.17) is 5.73 Å². The molecule has 2 heterocycles. The first-order chi connectivity index (χ1) is 7.70. The van der Waals surface area contributed by atoms with Gasteiger partial charge in [0.15, 0.2) is 0 Å². The van der Waals surface area contributed by atoms with E-state index in [0.29, 0.717) is 6.54 Å². The number of hydrogen-bond acceptors (Lipinski definition) is 5. The molecular weight excluding hydrogens is 206 g/mol. The summed E-state index contributed by atoms with van der Waals surface area (Å²) in [7, 11) is 1.85. The van der Waals surface area contributed by atoms with Crippen molar-refractivity contribution in [3.63, 3.8) is 0 Å². The van der Waals surface area contributed by atoms with Crippen LogP contribution >= 0.6 is 0 Å². The second kappa shape index (κ2) is 4.40. The van der Waals surface area contributed by atoms with Gasteiger partial charge in [0.1, 0.15) is 18.7 Å². The number of aromatic nitrogens is 6. The molecule has 1 unspecified atom stereocenters. The van der Waals surface area contributed by atoms with E-state index in [1.807, 2.05) is 20.2 Å². The van der Waals surface area contributed by atoms with Crippen molar-refractivity contribution >= 4 is 0 Å². The molecule has 0 saturated carbocycles. The maximum absolute atomic E-state index is 5.86. The van der Waals surface area contributed by atoms with Gasteiger partial charge in [-0.3, -0.25) is 4.68 Å². The molecule has 2 aromatic rings. The monoisotopic (exact) mass is 221 g/mol. The number of nitrogens with zero attached hydrogens (tertiary/aromatic N) is 6. The van der Waals surface area contributed by atoms with Crippen LogP contribution in [0.15, 0.2) is 12.5 Å². The summed E-state index contributed by atoms with van der Waals surface area (Å²) in [5.74, 6) is 0.835. The van der Waals surface area contributed by atoms with Crippen molar-refractivity contribution in [3.8, 4) is 0 Å². The highest BCUT2D eigenvalue weighted by Gasteiger charge is 2.09. The standard InChI is InChI=1S/C9H15N7/c1-3-7(10)8-4-16(14-13-8)5-9-11-6-12-15(9)2/h4,6-7H,3,5,10H2,1-2H3. The minimum atomic E-state index is -0.0479. The minimum absolute atomic E-state index is 0.0479. The van der Waals surface area contributed by atoms with Crippen LogP contribution in [0.1, 0.15) is 30.9 Å². The zero-order chi connectivity index (χ0) is 11.5. The molecule has 0 fully saturated rings. The molecule has 0 radical (unpaired) electrons. The minimum Gasteiger partial charge on any atom is -0.323 e. The fraction of sp³-hybridized carbons (Fsp3) is 0.556. The van der Waals surface area contributed by atoms with Gasteiger partial charge in [-0.25, -0.2) is 9.67 Å². The maximum atomic E-state index is 5.86. The Hall–Kier alpha value is -1.76. The van der Waals surface area contributed by atoms with Crippen LogP contribution in [-0.4, -0.2) is 29.8 Å². The quantitative estimate of drug-likeness (QED) is 0.776. The predicted octanol–water partition coefficient (Wildman–Crippen LogP) is -0.135. The average molecular weight is 221 g/mol. The van der Waals surface area contributed by atoms with Crippen LogP contribution < -0.4 is 5.73 Å². The van der Waals surface area contributed by atoms with Crippen LogP contribution in [-0.2, 0) is 13.6 Å². The second-order valence-corrected chi connectivity index (χ2v) is 3.66. The Morgan fingerprint density at radius 2 is 2.31 bits per heavy atom. The lowest BCUT2D eigenvalue weighted by molar-refractivity contribution is 0.589. The number of nitrogens with two attached hydrogens (primary N) is 1. The zero-order valence-electron chi connectivity index (χ0n) is 9.41. The SMILES string of the molecule is CCC(N)c1cn(Cc2ncnn2C)nn1. The summed E-state index contributed by atoms with van der Waals surface area (Å²) in [5, 5.41) is 12.0. The van der Waals surface area contributed by atoms with Crippen molar-refractivity contribution in [3.05, 3.63) is 24.0 Å². The van der Waals surface area contributed by atoms with E-state index in [0.717, 1.165) is 17.9 Å². The van der Waals surface area contributed by atoms with Crippen molar-refractivity contribution in [1.82, 2.24) is 29.8 Å². The predicted molar refractivity (Wildman–Crippen MR) is 57.3 cm³/mol. The van der Waals surface area contributed by atoms with Gasteiger partial charge < -0.3 is 5.73 Å². The Labute approximate surface area is 93.3 Å². The molecule has 0 spiro atoms. The van der Waals surface area contributed by atoms with Crippen LogP contribution in [0.25, 0.3) is 0 Å². The van der Waals surface area contributed by atoms with E-state index in [1.54, 1.807) is 9.36 Å². The van der Waals surface area contributed by atoms with Gasteiger partial charge in [0, 0.05) is 7.05 Å². The molecule has 86 valence electrons. The third kappa shape index (κ3) is 2.08. The van der Waals surface area contributed by atoms with Crippen molar-refractivity contribution in [2.45, 2.75) is 25.9 Å². The van der Waals surface area contributed by atoms with Gasteiger partial charge in [-0.2, -0.15) is 5.10 Å². The number of aryl methyl sites for hydroxylation is 1. The summed E-state index contributed by atoms with van der Waals surface area (Å²) in [6.07, 6.45) is 4.22. The number of rotatable bonds is 4. The van der Waals surface area contributed by atoms with Crippen LogP contribution in [0.2, 0.25) is 0 Å². The lowest BCUT2D eigenvalue weighted by Crippen LogP contribution is -2.09. The Kier molecular flexibility index (Phi) is 2.95. The Morgan fingerprint density at radius 1 is 1.50 bits per heavy atom. The molecule has 2 rings (SSSR count). The normalized spacial score (nSPS) is 12.9. The van der Waals surface area contributed by atoms with Crippen LogP contribution in [0, 0.1) is 0 Å². The van der Waals surface area contributed by atoms with Gasteiger partial charge in [-0.05, 0) is 6.42 Å². The van der Waals surface area contributed by atoms with E-state index in [2.05, 4.69) is 20.4 Å². The van der Waals surface area contributed by atoms with Crippen molar-refractivity contribution in [1.29, 1.82) is 0 Å². The van der Waals surface area contributed by atoms with Gasteiger partial charge in [-0.1, -0.05) is 12.1 Å². The summed E-state index contributed by atoms with van der Waals surface area (Å²) in [4.78, 5) is 4.12. The van der Waals surface area contributed by atoms with Crippen molar-refractivity contribution in [2.75, 3.05) is 0 Å². The van der Waals surface area contributed by atoms with Crippen molar-refractivity contribution < 1.29 is 0 Å². The highest BCUT2D eigenvalue weighted by Crippen LogP contribution is 2.09. The lowest BCUT2D eigenvalue weighted by atomic mass is 10.2. The van der Waals surface area contributed by atoms with E-state index >= 15 is 0 Å². The van der Waals surface area contributed by atoms with Gasteiger partial charge in [-0.15, -0.1) is 5.10 Å². The first kappa shape index (κ1) is 10.7. The highest BCUT2D eigenvalue weighted by molar-refractivity contribution is 5.00. The smallest absolute Gasteiger partial charge is 0.148 e. The first-order valence-electron chi connectivity index (χ1n) is 5.19. The zero-order valence-corrected chi connectivity index (χ0v) is 9.41.